The van der Waals surface area contributed by atoms with E-state index in [1.165, 1.54) is 0 Å². The summed E-state index contributed by atoms with van der Waals surface area (Å²) >= 11 is 2.74. The van der Waals surface area contributed by atoms with Gasteiger partial charge in [0, 0.05) is 0 Å². The quantitative estimate of drug-likeness (QED) is 0.515. The Balaban J connectivity index is 3.17. The molecule has 0 nitrogen and oxygen atoms in total. The van der Waals surface area contributed by atoms with Crippen LogP contribution >= 0.6 is 45.2 Å². The second-order valence-electron chi connectivity index (χ2n) is 0.749. The summed E-state index contributed by atoms with van der Waals surface area (Å²) < 4.78 is 20.3. The van der Waals surface area contributed by atoms with E-state index in [1.54, 1.807) is 22.6 Å². The highest BCUT2D eigenvalue weighted by Crippen LogP contribution is 2.23. The van der Waals surface area contributed by atoms with Gasteiger partial charge in [0.15, 0.2) is 0 Å². The molecule has 0 radical (unpaired) electrons. The highest BCUT2D eigenvalue weighted by atomic mass is 127. The topological polar surface area (TPSA) is 0 Å². The lowest BCUT2D eigenvalue weighted by molar-refractivity contribution is 0.159. The Kier molecular flexibility index (Phi) is 3.15. The first-order valence-electron chi connectivity index (χ1n) is 1.19. The van der Waals surface area contributed by atoms with Crippen molar-refractivity contribution in [3.05, 3.63) is 0 Å². The number of rotatable bonds is 1. The van der Waals surface area contributed by atoms with Crippen molar-refractivity contribution in [2.24, 2.45) is 0 Å². The lowest BCUT2D eigenvalue weighted by atomic mass is 10.9. The zero-order chi connectivity index (χ0) is 5.21. The van der Waals surface area contributed by atoms with E-state index in [9.17, 15) is 8.78 Å². The molecule has 0 aromatic rings. The van der Waals surface area contributed by atoms with Crippen molar-refractivity contribution in [2.45, 2.75) is 3.93 Å². The van der Waals surface area contributed by atoms with Crippen LogP contribution in [-0.4, -0.2) is 8.36 Å². The molecule has 0 amide bonds. The van der Waals surface area contributed by atoms with Gasteiger partial charge >= 0.3 is 3.93 Å². The van der Waals surface area contributed by atoms with Gasteiger partial charge in [-0.2, -0.15) is 8.78 Å². The summed E-state index contributed by atoms with van der Waals surface area (Å²) in [6.07, 6.45) is 0. The van der Waals surface area contributed by atoms with Gasteiger partial charge in [0.2, 0.25) is 0 Å². The van der Waals surface area contributed by atoms with Crippen molar-refractivity contribution in [2.75, 3.05) is 4.43 Å². The molecular weight excluding hydrogens is 316 g/mol. The summed E-state index contributed by atoms with van der Waals surface area (Å²) in [5.41, 5.74) is 0. The van der Waals surface area contributed by atoms with E-state index in [0.29, 0.717) is 0 Å². The van der Waals surface area contributed by atoms with Crippen molar-refractivity contribution >= 4 is 45.2 Å². The Morgan fingerprint density at radius 3 is 1.67 bits per heavy atom. The molecule has 0 fully saturated rings. The fourth-order valence-corrected chi connectivity index (χ4v) is 0. The van der Waals surface area contributed by atoms with Gasteiger partial charge in [0.05, 0.1) is 4.43 Å². The lowest BCUT2D eigenvalue weighted by Gasteiger charge is -1.98. The van der Waals surface area contributed by atoms with E-state index >= 15 is 0 Å². The van der Waals surface area contributed by atoms with E-state index in [4.69, 9.17) is 0 Å². The number of alkyl halides is 4. The molecule has 0 atom stereocenters. The molecule has 0 aromatic heterocycles. The largest absolute Gasteiger partial charge is 0.305 e. The highest BCUT2D eigenvalue weighted by Gasteiger charge is 2.20. The third-order valence-electron chi connectivity index (χ3n) is 0.152. The summed E-state index contributed by atoms with van der Waals surface area (Å²) in [5.74, 6) is 0. The summed E-state index contributed by atoms with van der Waals surface area (Å²) in [5, 5.41) is 0. The lowest BCUT2D eigenvalue weighted by Crippen LogP contribution is -2.03. The van der Waals surface area contributed by atoms with E-state index in [-0.39, 0.29) is 4.43 Å². The van der Waals surface area contributed by atoms with Crippen LogP contribution in [0.3, 0.4) is 0 Å². The minimum Gasteiger partial charge on any atom is -0.194 e. The molecule has 0 bridgehead atoms. The smallest absolute Gasteiger partial charge is 0.194 e. The fraction of sp³-hybridized carbons (Fsp3) is 1.00. The van der Waals surface area contributed by atoms with Crippen LogP contribution in [0, 0.1) is 0 Å². The molecule has 0 aromatic carbocycles. The van der Waals surface area contributed by atoms with Crippen LogP contribution in [0.4, 0.5) is 8.78 Å². The number of hydrogen-bond donors (Lipinski definition) is 0. The minimum absolute atomic E-state index is 0.106. The van der Waals surface area contributed by atoms with E-state index in [1.807, 2.05) is 0 Å². The molecule has 0 aliphatic carbocycles. The molecule has 0 saturated carbocycles. The standard InChI is InChI=1S/C2H2F2I2/c3-2(4,6)1-5/h1H2. The zero-order valence-electron chi connectivity index (χ0n) is 2.72. The second-order valence-corrected chi connectivity index (χ2v) is 3.09. The Bertz CT molecular complexity index is 39.3. The monoisotopic (exact) mass is 318 g/mol. The first-order chi connectivity index (χ1) is 2.56. The van der Waals surface area contributed by atoms with Gasteiger partial charge in [-0.25, -0.2) is 0 Å². The molecule has 0 saturated heterocycles. The first kappa shape index (κ1) is 7.32. The van der Waals surface area contributed by atoms with Crippen LogP contribution in [0.5, 0.6) is 0 Å². The average molecular weight is 318 g/mol. The summed E-state index contributed by atoms with van der Waals surface area (Å²) in [7, 11) is 0. The molecule has 0 unspecified atom stereocenters. The Hall–Kier alpha value is 1.32. The molecule has 0 rings (SSSR count). The summed E-state index contributed by atoms with van der Waals surface area (Å²) in [4.78, 5) is 0. The zero-order valence-corrected chi connectivity index (χ0v) is 7.03. The van der Waals surface area contributed by atoms with Crippen LogP contribution < -0.4 is 0 Å². The van der Waals surface area contributed by atoms with Crippen molar-refractivity contribution in [3.8, 4) is 0 Å². The second kappa shape index (κ2) is 2.58. The third kappa shape index (κ3) is 5.32. The molecule has 0 spiro atoms. The summed E-state index contributed by atoms with van der Waals surface area (Å²) in [6, 6.07) is 0. The Morgan fingerprint density at radius 2 is 1.67 bits per heavy atom. The van der Waals surface area contributed by atoms with Crippen molar-refractivity contribution in [1.29, 1.82) is 0 Å². The van der Waals surface area contributed by atoms with Gasteiger partial charge in [-0.1, -0.05) is 22.6 Å². The van der Waals surface area contributed by atoms with Gasteiger partial charge in [-0.3, -0.25) is 0 Å². The predicted octanol–water partition coefficient (Wildman–Crippen LogP) is 2.45. The maximum absolute atomic E-state index is 11.4. The van der Waals surface area contributed by atoms with E-state index in [0.717, 1.165) is 22.6 Å². The molecule has 0 aliphatic rings. The molecule has 6 heavy (non-hydrogen) atoms. The van der Waals surface area contributed by atoms with Gasteiger partial charge < -0.3 is 0 Å². The van der Waals surface area contributed by atoms with Crippen LogP contribution in [0.2, 0.25) is 0 Å². The van der Waals surface area contributed by atoms with E-state index < -0.39 is 3.93 Å². The van der Waals surface area contributed by atoms with Crippen LogP contribution in [0.15, 0.2) is 0 Å². The fourth-order valence-electron chi connectivity index (χ4n) is 0. The van der Waals surface area contributed by atoms with Crippen molar-refractivity contribution in [3.63, 3.8) is 0 Å². The predicted molar refractivity (Wildman–Crippen MR) is 37.9 cm³/mol. The SMILES string of the molecule is FC(F)(I)CI. The van der Waals surface area contributed by atoms with Crippen LogP contribution in [0.1, 0.15) is 0 Å². The molecule has 0 heterocycles. The van der Waals surface area contributed by atoms with Gasteiger partial charge in [-0.05, 0) is 22.6 Å². The Labute approximate surface area is 62.0 Å². The number of hydrogen-bond acceptors (Lipinski definition) is 0. The van der Waals surface area contributed by atoms with Gasteiger partial charge in [-0.15, -0.1) is 0 Å². The molecule has 0 N–H and O–H groups in total. The normalized spacial score (nSPS) is 12.0. The molecule has 4 heteroatoms. The highest BCUT2D eigenvalue weighted by molar-refractivity contribution is 14.1. The van der Waals surface area contributed by atoms with E-state index in [2.05, 4.69) is 0 Å². The van der Waals surface area contributed by atoms with Crippen LogP contribution in [-0.2, 0) is 0 Å². The third-order valence-corrected chi connectivity index (χ3v) is 2.95. The average Bonchev–Trinajstić information content (AvgIpc) is 1.35. The number of halogens is 4. The van der Waals surface area contributed by atoms with Crippen molar-refractivity contribution < 1.29 is 8.78 Å². The van der Waals surface area contributed by atoms with Crippen molar-refractivity contribution in [1.82, 2.24) is 0 Å². The molecule has 0 aliphatic heterocycles. The maximum Gasteiger partial charge on any atom is 0.305 e. The van der Waals surface area contributed by atoms with Crippen LogP contribution in [0.25, 0.3) is 0 Å². The van der Waals surface area contributed by atoms with Gasteiger partial charge in [0.1, 0.15) is 0 Å². The first-order valence-corrected chi connectivity index (χ1v) is 3.79. The molecular formula is C2H2F2I2. The van der Waals surface area contributed by atoms with Gasteiger partial charge in [0.25, 0.3) is 0 Å². The molecule has 38 valence electrons. The minimum atomic E-state index is -2.50. The maximum atomic E-state index is 11.4. The summed E-state index contributed by atoms with van der Waals surface area (Å²) in [6.45, 7) is 0. The Morgan fingerprint density at radius 1 is 1.50 bits per heavy atom.